The van der Waals surface area contributed by atoms with Crippen molar-refractivity contribution < 1.29 is 8.42 Å². The third-order valence-electron chi connectivity index (χ3n) is 2.95. The number of aryl methyl sites for hydroxylation is 1. The minimum Gasteiger partial charge on any atom is -0.249 e. The maximum absolute atomic E-state index is 12.2. The van der Waals surface area contributed by atoms with E-state index in [9.17, 15) is 8.42 Å². The van der Waals surface area contributed by atoms with Crippen molar-refractivity contribution in [2.24, 2.45) is 9.98 Å². The fraction of sp³-hybridized carbons (Fsp3) is 0.125. The molecule has 2 aromatic rings. The third kappa shape index (κ3) is 4.18. The van der Waals surface area contributed by atoms with Crippen molar-refractivity contribution in [1.82, 2.24) is 0 Å². The van der Waals surface area contributed by atoms with E-state index in [1.54, 1.807) is 30.3 Å². The number of aliphatic imine (C=N–C) groups is 2. The number of isothiocyanates is 1. The smallest absolute Gasteiger partial charge is 0.198 e. The third-order valence-corrected chi connectivity index (χ3v) is 4.50. The van der Waals surface area contributed by atoms with Crippen molar-refractivity contribution in [3.05, 3.63) is 65.7 Å². The Labute approximate surface area is 135 Å². The molecule has 0 saturated carbocycles. The zero-order valence-corrected chi connectivity index (χ0v) is 13.6. The van der Waals surface area contributed by atoms with Crippen LogP contribution in [-0.4, -0.2) is 25.3 Å². The van der Waals surface area contributed by atoms with Crippen molar-refractivity contribution in [2.45, 2.75) is 11.8 Å². The zero-order valence-electron chi connectivity index (χ0n) is 11.9. The maximum atomic E-state index is 12.2. The summed E-state index contributed by atoms with van der Waals surface area (Å²) < 4.78 is 24.5. The predicted molar refractivity (Wildman–Crippen MR) is 91.2 cm³/mol. The Balaban J connectivity index is 2.32. The second-order valence-electron chi connectivity index (χ2n) is 4.61. The van der Waals surface area contributed by atoms with Crippen LogP contribution in [0, 0.1) is 6.92 Å². The lowest BCUT2D eigenvalue weighted by Gasteiger charge is -2.03. The van der Waals surface area contributed by atoms with Gasteiger partial charge in [-0.1, -0.05) is 48.0 Å². The van der Waals surface area contributed by atoms with E-state index in [1.807, 2.05) is 31.2 Å². The monoisotopic (exact) mass is 330 g/mol. The Morgan fingerprint density at radius 2 is 1.73 bits per heavy atom. The minimum absolute atomic E-state index is 0.230. The highest BCUT2D eigenvalue weighted by Crippen LogP contribution is 2.12. The van der Waals surface area contributed by atoms with Crippen LogP contribution in [0.4, 0.5) is 0 Å². The van der Waals surface area contributed by atoms with Gasteiger partial charge >= 0.3 is 0 Å². The van der Waals surface area contributed by atoms with E-state index in [2.05, 4.69) is 27.4 Å². The van der Waals surface area contributed by atoms with E-state index < -0.39 is 9.84 Å². The van der Waals surface area contributed by atoms with Gasteiger partial charge < -0.3 is 0 Å². The minimum atomic E-state index is -3.50. The Hall–Kier alpha value is -2.14. The molecule has 0 aromatic heterocycles. The first-order valence-electron chi connectivity index (χ1n) is 6.50. The molecule has 0 aliphatic carbocycles. The van der Waals surface area contributed by atoms with Gasteiger partial charge in [0.25, 0.3) is 0 Å². The summed E-state index contributed by atoms with van der Waals surface area (Å²) in [5.41, 5.74) is 1.79. The molecular weight excluding hydrogens is 316 g/mol. The molecule has 0 saturated heterocycles. The van der Waals surface area contributed by atoms with Gasteiger partial charge in [0.1, 0.15) is 5.88 Å². The number of sulfone groups is 1. The van der Waals surface area contributed by atoms with E-state index in [0.29, 0.717) is 5.56 Å². The van der Waals surface area contributed by atoms with Gasteiger partial charge in [-0.15, -0.1) is 0 Å². The highest BCUT2D eigenvalue weighted by Gasteiger charge is 2.13. The second-order valence-corrected chi connectivity index (χ2v) is 6.75. The molecule has 22 heavy (non-hydrogen) atoms. The molecule has 0 radical (unpaired) electrons. The van der Waals surface area contributed by atoms with Gasteiger partial charge in [0.15, 0.2) is 15.7 Å². The number of hydrogen-bond donors (Lipinski definition) is 0. The van der Waals surface area contributed by atoms with Crippen molar-refractivity contribution in [2.75, 3.05) is 5.88 Å². The molecule has 2 aromatic carbocycles. The number of rotatable bonds is 4. The molecule has 4 nitrogen and oxygen atoms in total. The first-order chi connectivity index (χ1) is 10.5. The summed E-state index contributed by atoms with van der Waals surface area (Å²) in [4.78, 5) is 8.20. The number of amidine groups is 1. The highest BCUT2D eigenvalue weighted by atomic mass is 32.2. The summed E-state index contributed by atoms with van der Waals surface area (Å²) in [7, 11) is -3.50. The van der Waals surface area contributed by atoms with Crippen molar-refractivity contribution in [3.63, 3.8) is 0 Å². The van der Waals surface area contributed by atoms with Crippen LogP contribution >= 0.6 is 12.2 Å². The molecule has 0 N–H and O–H groups in total. The normalized spacial score (nSPS) is 11.8. The zero-order chi connectivity index (χ0) is 16.0. The van der Waals surface area contributed by atoms with Crippen molar-refractivity contribution in [3.8, 4) is 0 Å². The molecule has 0 atom stereocenters. The van der Waals surface area contributed by atoms with E-state index in [4.69, 9.17) is 0 Å². The van der Waals surface area contributed by atoms with Crippen LogP contribution in [0.3, 0.4) is 0 Å². The second kappa shape index (κ2) is 7.22. The summed E-state index contributed by atoms with van der Waals surface area (Å²) in [5, 5.41) is 2.24. The predicted octanol–water partition coefficient (Wildman–Crippen LogP) is 3.28. The lowest BCUT2D eigenvalue weighted by atomic mass is 10.1. The van der Waals surface area contributed by atoms with E-state index in [-0.39, 0.29) is 16.6 Å². The van der Waals surface area contributed by atoms with E-state index in [0.717, 1.165) is 5.56 Å². The number of hydrogen-bond acceptors (Lipinski definition) is 4. The molecule has 0 aliphatic rings. The van der Waals surface area contributed by atoms with Crippen molar-refractivity contribution in [1.29, 1.82) is 0 Å². The first-order valence-corrected chi connectivity index (χ1v) is 8.56. The van der Waals surface area contributed by atoms with Gasteiger partial charge in [-0.25, -0.2) is 13.4 Å². The van der Waals surface area contributed by atoms with Crippen LogP contribution in [0.1, 0.15) is 11.1 Å². The van der Waals surface area contributed by atoms with Crippen LogP contribution in [0.25, 0.3) is 0 Å². The van der Waals surface area contributed by atoms with Gasteiger partial charge in [-0.3, -0.25) is 0 Å². The van der Waals surface area contributed by atoms with E-state index >= 15 is 0 Å². The van der Waals surface area contributed by atoms with Crippen LogP contribution < -0.4 is 0 Å². The molecule has 0 aliphatic heterocycles. The summed E-state index contributed by atoms with van der Waals surface area (Å²) in [6.07, 6.45) is 0. The average Bonchev–Trinajstić information content (AvgIpc) is 2.53. The number of nitrogens with zero attached hydrogens (tertiary/aromatic N) is 2. The Morgan fingerprint density at radius 1 is 1.09 bits per heavy atom. The standard InChI is InChI=1S/C16H14N2O2S2/c1-13-7-9-14(10-8-13)16(17-11-21)18-12-22(19,20)15-5-3-2-4-6-15/h2-10H,12H2,1H3/b18-16-. The molecule has 2 rings (SSSR count). The highest BCUT2D eigenvalue weighted by molar-refractivity contribution is 7.91. The lowest BCUT2D eigenvalue weighted by molar-refractivity contribution is 0.596. The molecule has 112 valence electrons. The van der Waals surface area contributed by atoms with Gasteiger partial charge in [0, 0.05) is 5.56 Å². The number of benzene rings is 2. The Kier molecular flexibility index (Phi) is 5.33. The van der Waals surface area contributed by atoms with Gasteiger partial charge in [-0.2, -0.15) is 4.99 Å². The SMILES string of the molecule is Cc1ccc(/C(N=C=S)=N/CS(=O)(=O)c2ccccc2)cc1. The van der Waals surface area contributed by atoms with Crippen molar-refractivity contribution >= 4 is 33.1 Å². The molecule has 0 unspecified atom stereocenters. The molecule has 0 amide bonds. The van der Waals surface area contributed by atoms with Crippen LogP contribution in [-0.2, 0) is 9.84 Å². The fourth-order valence-electron chi connectivity index (χ4n) is 1.79. The molecule has 0 fully saturated rings. The Bertz CT molecular complexity index is 820. The molecule has 6 heteroatoms. The fourth-order valence-corrected chi connectivity index (χ4v) is 2.89. The summed E-state index contributed by atoms with van der Waals surface area (Å²) in [6.45, 7) is 1.96. The Morgan fingerprint density at radius 3 is 2.32 bits per heavy atom. The van der Waals surface area contributed by atoms with Gasteiger partial charge in [-0.05, 0) is 31.3 Å². The quantitative estimate of drug-likeness (QED) is 0.491. The summed E-state index contributed by atoms with van der Waals surface area (Å²) in [5.74, 6) is -0.129. The molecule has 0 heterocycles. The number of thiocarbonyl (C=S) groups is 1. The van der Waals surface area contributed by atoms with Gasteiger partial charge in [0.05, 0.1) is 10.1 Å². The molecule has 0 bridgehead atoms. The molecule has 0 spiro atoms. The van der Waals surface area contributed by atoms with Crippen LogP contribution in [0.2, 0.25) is 0 Å². The average molecular weight is 330 g/mol. The largest absolute Gasteiger partial charge is 0.249 e. The van der Waals surface area contributed by atoms with Crippen LogP contribution in [0.5, 0.6) is 0 Å². The molecular formula is C16H14N2O2S2. The van der Waals surface area contributed by atoms with Crippen LogP contribution in [0.15, 0.2) is 69.5 Å². The van der Waals surface area contributed by atoms with Gasteiger partial charge in [0.2, 0.25) is 0 Å². The first kappa shape index (κ1) is 16.2. The maximum Gasteiger partial charge on any atom is 0.198 e. The lowest BCUT2D eigenvalue weighted by Crippen LogP contribution is -2.08. The van der Waals surface area contributed by atoms with E-state index in [1.165, 1.54) is 0 Å². The topological polar surface area (TPSA) is 58.9 Å². The summed E-state index contributed by atoms with van der Waals surface area (Å²) in [6, 6.07) is 15.6. The summed E-state index contributed by atoms with van der Waals surface area (Å²) >= 11 is 4.61.